The van der Waals surface area contributed by atoms with Crippen LogP contribution in [-0.2, 0) is 6.54 Å². The molecule has 0 amide bonds. The summed E-state index contributed by atoms with van der Waals surface area (Å²) in [6.45, 7) is 6.81. The highest BCUT2D eigenvalue weighted by molar-refractivity contribution is 5.53. The number of ether oxygens (including phenoxy) is 2. The topological polar surface area (TPSA) is 66.3 Å². The maximum Gasteiger partial charge on any atom is 0.274 e. The summed E-state index contributed by atoms with van der Waals surface area (Å²) in [5, 5.41) is 8.53. The molecule has 0 radical (unpaired) electrons. The molecule has 164 valence electrons. The molecule has 2 heterocycles. The van der Waals surface area contributed by atoms with Gasteiger partial charge < -0.3 is 23.7 Å². The minimum Gasteiger partial charge on any atom is -0.497 e. The summed E-state index contributed by atoms with van der Waals surface area (Å²) in [4.78, 5) is 2.84. The van der Waals surface area contributed by atoms with Crippen LogP contribution in [0.15, 0.2) is 46.9 Å². The van der Waals surface area contributed by atoms with Gasteiger partial charge in [-0.25, -0.2) is 4.39 Å². The van der Waals surface area contributed by atoms with Crippen LogP contribution >= 0.6 is 0 Å². The summed E-state index contributed by atoms with van der Waals surface area (Å²) >= 11 is 0. The van der Waals surface area contributed by atoms with Crippen LogP contribution < -0.4 is 19.3 Å². The minimum absolute atomic E-state index is 0.116. The van der Waals surface area contributed by atoms with Gasteiger partial charge in [-0.1, -0.05) is 0 Å². The molecule has 0 bridgehead atoms. The number of nitrogens with one attached hydrogen (secondary N) is 2. The molecule has 31 heavy (non-hydrogen) atoms. The van der Waals surface area contributed by atoms with Crippen LogP contribution in [0.2, 0.25) is 0 Å². The quantitative estimate of drug-likeness (QED) is 0.586. The fourth-order valence-corrected chi connectivity index (χ4v) is 4.12. The molecule has 0 saturated carbocycles. The molecule has 1 atom stereocenters. The zero-order chi connectivity index (χ0) is 21.8. The molecule has 0 unspecified atom stereocenters. The first kappa shape index (κ1) is 21.3. The molecule has 1 aliphatic rings. The average molecular weight is 429 g/mol. The van der Waals surface area contributed by atoms with Gasteiger partial charge in [0.05, 0.1) is 19.8 Å². The van der Waals surface area contributed by atoms with Crippen LogP contribution in [0.4, 0.5) is 4.39 Å². The fraction of sp³-hybridized carbons (Fsp3) is 0.391. The lowest BCUT2D eigenvalue weighted by atomic mass is 10.1. The van der Waals surface area contributed by atoms with E-state index < -0.39 is 0 Å². The molecule has 1 aliphatic heterocycles. The molecule has 0 spiro atoms. The Balaban J connectivity index is 1.36. The van der Waals surface area contributed by atoms with E-state index in [2.05, 4.69) is 17.1 Å². The number of aromatic nitrogens is 2. The maximum atomic E-state index is 13.7. The Hall–Kier alpha value is -2.97. The van der Waals surface area contributed by atoms with Gasteiger partial charge in [-0.2, -0.15) is 0 Å². The van der Waals surface area contributed by atoms with E-state index in [9.17, 15) is 4.39 Å². The van der Waals surface area contributed by atoms with E-state index in [-0.39, 0.29) is 11.9 Å². The zero-order valence-electron chi connectivity index (χ0n) is 18.2. The van der Waals surface area contributed by atoms with E-state index in [0.717, 1.165) is 55.3 Å². The van der Waals surface area contributed by atoms with Gasteiger partial charge in [0.15, 0.2) is 6.04 Å². The van der Waals surface area contributed by atoms with Gasteiger partial charge in [-0.15, -0.1) is 10.2 Å². The summed E-state index contributed by atoms with van der Waals surface area (Å²) in [5.74, 6) is 2.48. The summed E-state index contributed by atoms with van der Waals surface area (Å²) in [6.07, 6.45) is 0. The summed E-state index contributed by atoms with van der Waals surface area (Å²) in [6, 6.07) is 12.4. The third-order valence-electron chi connectivity index (χ3n) is 6.04. The van der Waals surface area contributed by atoms with Gasteiger partial charge in [-0.05, 0) is 49.4 Å². The lowest BCUT2D eigenvalue weighted by Gasteiger charge is -2.32. The van der Waals surface area contributed by atoms with Crippen molar-refractivity contribution in [2.24, 2.45) is 0 Å². The molecule has 2 aromatic carbocycles. The molecule has 1 saturated heterocycles. The third kappa shape index (κ3) is 4.86. The van der Waals surface area contributed by atoms with E-state index >= 15 is 0 Å². The Morgan fingerprint density at radius 2 is 1.74 bits per heavy atom. The molecular weight excluding hydrogens is 399 g/mol. The molecular formula is C23H29FN4O3+2. The number of nitrogens with zero attached hydrogens (tertiary/aromatic N) is 2. The van der Waals surface area contributed by atoms with Crippen molar-refractivity contribution in [2.75, 3.05) is 40.4 Å². The lowest BCUT2D eigenvalue weighted by molar-refractivity contribution is -1.03. The van der Waals surface area contributed by atoms with Crippen molar-refractivity contribution in [3.8, 4) is 23.0 Å². The molecule has 8 heteroatoms. The number of methoxy groups -OCH3 is 2. The van der Waals surface area contributed by atoms with Crippen molar-refractivity contribution in [3.63, 3.8) is 0 Å². The van der Waals surface area contributed by atoms with Gasteiger partial charge in [0.1, 0.15) is 50.0 Å². The van der Waals surface area contributed by atoms with Crippen molar-refractivity contribution < 1.29 is 28.1 Å². The summed E-state index contributed by atoms with van der Waals surface area (Å²) < 4.78 is 30.2. The summed E-state index contributed by atoms with van der Waals surface area (Å²) in [5.41, 5.74) is 1.79. The molecule has 7 nitrogen and oxygen atoms in total. The van der Waals surface area contributed by atoms with Crippen molar-refractivity contribution in [2.45, 2.75) is 19.5 Å². The molecule has 1 aromatic heterocycles. The normalized spacial score (nSPS) is 19.7. The molecule has 4 rings (SSSR count). The second-order valence-electron chi connectivity index (χ2n) is 7.94. The van der Waals surface area contributed by atoms with Crippen LogP contribution in [0.25, 0.3) is 11.5 Å². The number of piperazine rings is 1. The van der Waals surface area contributed by atoms with E-state index in [4.69, 9.17) is 13.9 Å². The predicted octanol–water partition coefficient (Wildman–Crippen LogP) is 0.938. The zero-order valence-corrected chi connectivity index (χ0v) is 18.2. The Morgan fingerprint density at radius 3 is 2.42 bits per heavy atom. The number of quaternary nitrogens is 2. The van der Waals surface area contributed by atoms with Crippen LogP contribution in [0.3, 0.4) is 0 Å². The highest BCUT2D eigenvalue weighted by Gasteiger charge is 2.31. The van der Waals surface area contributed by atoms with Crippen LogP contribution in [0.5, 0.6) is 11.5 Å². The smallest absolute Gasteiger partial charge is 0.274 e. The Kier molecular flexibility index (Phi) is 6.48. The molecule has 1 fully saturated rings. The average Bonchev–Trinajstić information content (AvgIpc) is 3.30. The summed E-state index contributed by atoms with van der Waals surface area (Å²) in [7, 11) is 3.26. The van der Waals surface area contributed by atoms with Crippen LogP contribution in [0.1, 0.15) is 24.4 Å². The van der Waals surface area contributed by atoms with Gasteiger partial charge in [0, 0.05) is 5.56 Å². The second-order valence-corrected chi connectivity index (χ2v) is 7.94. The molecule has 0 aliphatic carbocycles. The van der Waals surface area contributed by atoms with Gasteiger partial charge in [0.2, 0.25) is 5.89 Å². The number of halogens is 1. The van der Waals surface area contributed by atoms with Crippen LogP contribution in [0, 0.1) is 5.82 Å². The van der Waals surface area contributed by atoms with E-state index in [1.807, 2.05) is 24.3 Å². The van der Waals surface area contributed by atoms with Crippen molar-refractivity contribution in [3.05, 3.63) is 59.7 Å². The number of hydrogen-bond acceptors (Lipinski definition) is 5. The highest BCUT2D eigenvalue weighted by atomic mass is 19.1. The number of benzene rings is 2. The van der Waals surface area contributed by atoms with Crippen molar-refractivity contribution in [1.29, 1.82) is 0 Å². The van der Waals surface area contributed by atoms with E-state index in [1.165, 1.54) is 15.9 Å². The highest BCUT2D eigenvalue weighted by Crippen LogP contribution is 2.22. The van der Waals surface area contributed by atoms with Crippen LogP contribution in [-0.4, -0.2) is 50.6 Å². The maximum absolute atomic E-state index is 13.7. The Bertz CT molecular complexity index is 1000. The minimum atomic E-state index is -0.225. The lowest BCUT2D eigenvalue weighted by Crippen LogP contribution is -3.27. The monoisotopic (exact) mass is 428 g/mol. The molecule has 3 aromatic rings. The van der Waals surface area contributed by atoms with Gasteiger partial charge in [-0.3, -0.25) is 0 Å². The number of hydrogen-bond donors (Lipinski definition) is 2. The Morgan fingerprint density at radius 1 is 1.00 bits per heavy atom. The fourth-order valence-electron chi connectivity index (χ4n) is 4.12. The largest absolute Gasteiger partial charge is 0.497 e. The first-order chi connectivity index (χ1) is 15.1. The molecule has 2 N–H and O–H groups in total. The van der Waals surface area contributed by atoms with E-state index in [0.29, 0.717) is 11.8 Å². The number of rotatable bonds is 7. The van der Waals surface area contributed by atoms with Crippen molar-refractivity contribution >= 4 is 0 Å². The SMILES string of the molecule is COc1ccc(-c2nnc([C@H](C)[NH+]3CC[NH+](Cc4cc(F)ccc4OC)CC3)o2)cc1. The van der Waals surface area contributed by atoms with E-state index in [1.54, 1.807) is 26.4 Å². The first-order valence-corrected chi connectivity index (χ1v) is 10.6. The second kappa shape index (κ2) is 9.45. The Labute approximate surface area is 181 Å². The van der Waals surface area contributed by atoms with Gasteiger partial charge in [0.25, 0.3) is 5.89 Å². The van der Waals surface area contributed by atoms with Crippen molar-refractivity contribution in [1.82, 2.24) is 10.2 Å². The standard InChI is InChI=1S/C23H27FN4O3/c1-16(22-25-26-23(31-22)17-4-7-20(29-2)8-5-17)28-12-10-27(11-13-28)15-18-14-19(24)6-9-21(18)30-3/h4-9,14,16H,10-13,15H2,1-3H3/p+2/t16-/m0/s1. The first-order valence-electron chi connectivity index (χ1n) is 10.6. The van der Waals surface area contributed by atoms with Gasteiger partial charge >= 0.3 is 0 Å². The third-order valence-corrected chi connectivity index (χ3v) is 6.04. The predicted molar refractivity (Wildman–Crippen MR) is 113 cm³/mol.